The second-order valence-corrected chi connectivity index (χ2v) is 6.26. The Balaban J connectivity index is 1.50. The first-order chi connectivity index (χ1) is 12.7. The average molecular weight is 360 g/mol. The SMILES string of the molecule is COc1ccc(C[C@H]2NC[C@H](O)[C@H]2OC(=O)NCCc2cnc[nH]2)cc1. The van der Waals surface area contributed by atoms with Gasteiger partial charge in [-0.05, 0) is 24.1 Å². The van der Waals surface area contributed by atoms with Crippen molar-refractivity contribution in [2.75, 3.05) is 20.2 Å². The molecule has 4 N–H and O–H groups in total. The molecular formula is C18H24N4O4. The van der Waals surface area contributed by atoms with Gasteiger partial charge in [0.15, 0.2) is 0 Å². The van der Waals surface area contributed by atoms with E-state index in [0.29, 0.717) is 25.9 Å². The van der Waals surface area contributed by atoms with Crippen molar-refractivity contribution in [1.29, 1.82) is 0 Å². The molecule has 26 heavy (non-hydrogen) atoms. The number of amides is 1. The van der Waals surface area contributed by atoms with Gasteiger partial charge in [0, 0.05) is 31.4 Å². The van der Waals surface area contributed by atoms with E-state index in [1.165, 1.54) is 0 Å². The summed E-state index contributed by atoms with van der Waals surface area (Å²) in [5, 5.41) is 16.1. The third kappa shape index (κ3) is 4.74. The Bertz CT molecular complexity index is 690. The highest BCUT2D eigenvalue weighted by molar-refractivity contribution is 5.67. The number of hydrogen-bond acceptors (Lipinski definition) is 6. The summed E-state index contributed by atoms with van der Waals surface area (Å²) in [4.78, 5) is 18.9. The Morgan fingerprint density at radius 3 is 2.88 bits per heavy atom. The minimum absolute atomic E-state index is 0.142. The van der Waals surface area contributed by atoms with E-state index in [9.17, 15) is 9.90 Å². The molecule has 0 unspecified atom stereocenters. The highest BCUT2D eigenvalue weighted by Gasteiger charge is 2.37. The lowest BCUT2D eigenvalue weighted by Crippen LogP contribution is -2.41. The van der Waals surface area contributed by atoms with Crippen LogP contribution in [0.5, 0.6) is 5.75 Å². The lowest BCUT2D eigenvalue weighted by atomic mass is 10.0. The van der Waals surface area contributed by atoms with Gasteiger partial charge in [0.2, 0.25) is 0 Å². The number of benzene rings is 1. The van der Waals surface area contributed by atoms with Crippen LogP contribution in [0.1, 0.15) is 11.3 Å². The van der Waals surface area contributed by atoms with Gasteiger partial charge in [0.05, 0.1) is 19.5 Å². The minimum Gasteiger partial charge on any atom is -0.497 e. The topological polar surface area (TPSA) is 108 Å². The fraction of sp³-hybridized carbons (Fsp3) is 0.444. The second-order valence-electron chi connectivity index (χ2n) is 6.26. The number of methoxy groups -OCH3 is 1. The Morgan fingerprint density at radius 1 is 1.38 bits per heavy atom. The normalized spacial score (nSPS) is 22.2. The number of aromatic nitrogens is 2. The fourth-order valence-electron chi connectivity index (χ4n) is 3.02. The van der Waals surface area contributed by atoms with E-state index < -0.39 is 18.3 Å². The molecule has 8 nitrogen and oxygen atoms in total. The number of carbonyl (C=O) groups is 1. The van der Waals surface area contributed by atoms with Gasteiger partial charge < -0.3 is 30.2 Å². The number of β-amino-alcohol motifs (C(OH)–C–C–N with tert-alkyl or cyclic N) is 1. The summed E-state index contributed by atoms with van der Waals surface area (Å²) >= 11 is 0. The summed E-state index contributed by atoms with van der Waals surface area (Å²) in [6.07, 6.45) is 2.74. The van der Waals surface area contributed by atoms with Crippen LogP contribution in [0.4, 0.5) is 4.79 Å². The summed E-state index contributed by atoms with van der Waals surface area (Å²) in [5.74, 6) is 0.789. The van der Waals surface area contributed by atoms with Crippen molar-refractivity contribution >= 4 is 6.09 Å². The number of nitrogens with one attached hydrogen (secondary N) is 3. The number of aliphatic hydroxyl groups is 1. The number of ether oxygens (including phenoxy) is 2. The highest BCUT2D eigenvalue weighted by Crippen LogP contribution is 2.19. The molecule has 1 amide bonds. The van der Waals surface area contributed by atoms with E-state index in [2.05, 4.69) is 20.6 Å². The molecule has 2 heterocycles. The molecule has 1 aliphatic heterocycles. The lowest BCUT2D eigenvalue weighted by Gasteiger charge is -2.22. The Kier molecular flexibility index (Phi) is 6.08. The van der Waals surface area contributed by atoms with Crippen LogP contribution in [0.15, 0.2) is 36.8 Å². The zero-order chi connectivity index (χ0) is 18.4. The van der Waals surface area contributed by atoms with E-state index in [1.807, 2.05) is 24.3 Å². The molecule has 140 valence electrons. The first-order valence-electron chi connectivity index (χ1n) is 8.62. The number of aliphatic hydroxyl groups excluding tert-OH is 1. The van der Waals surface area contributed by atoms with Crippen molar-refractivity contribution < 1.29 is 19.4 Å². The Morgan fingerprint density at radius 2 is 2.19 bits per heavy atom. The molecule has 1 fully saturated rings. The van der Waals surface area contributed by atoms with Crippen LogP contribution >= 0.6 is 0 Å². The highest BCUT2D eigenvalue weighted by atomic mass is 16.6. The van der Waals surface area contributed by atoms with E-state index in [4.69, 9.17) is 9.47 Å². The summed E-state index contributed by atoms with van der Waals surface area (Å²) < 4.78 is 10.6. The summed E-state index contributed by atoms with van der Waals surface area (Å²) in [5.41, 5.74) is 2.01. The maximum atomic E-state index is 12.0. The Hall–Kier alpha value is -2.58. The van der Waals surface area contributed by atoms with Crippen LogP contribution in [0.3, 0.4) is 0 Å². The Labute approximate surface area is 151 Å². The smallest absolute Gasteiger partial charge is 0.407 e. The van der Waals surface area contributed by atoms with E-state index in [-0.39, 0.29) is 6.04 Å². The number of hydrogen-bond donors (Lipinski definition) is 4. The van der Waals surface area contributed by atoms with Crippen molar-refractivity contribution in [2.45, 2.75) is 31.1 Å². The fourth-order valence-corrected chi connectivity index (χ4v) is 3.02. The van der Waals surface area contributed by atoms with Gasteiger partial charge in [-0.25, -0.2) is 9.78 Å². The van der Waals surface area contributed by atoms with Crippen molar-refractivity contribution in [2.24, 2.45) is 0 Å². The maximum Gasteiger partial charge on any atom is 0.407 e. The molecule has 0 saturated carbocycles. The molecule has 1 aromatic carbocycles. The molecule has 0 aliphatic carbocycles. The first kappa shape index (κ1) is 18.2. The van der Waals surface area contributed by atoms with Crippen LogP contribution in [-0.4, -0.2) is 59.6 Å². The number of imidazole rings is 1. The number of H-pyrrole nitrogens is 1. The predicted octanol–water partition coefficient (Wildman–Crippen LogP) is 0.631. The van der Waals surface area contributed by atoms with Gasteiger partial charge in [-0.15, -0.1) is 0 Å². The van der Waals surface area contributed by atoms with Crippen LogP contribution in [-0.2, 0) is 17.6 Å². The molecule has 1 saturated heterocycles. The summed E-state index contributed by atoms with van der Waals surface area (Å²) in [6, 6.07) is 7.56. The van der Waals surface area contributed by atoms with Crippen molar-refractivity contribution in [3.05, 3.63) is 48.0 Å². The zero-order valence-electron chi connectivity index (χ0n) is 14.6. The third-order valence-corrected chi connectivity index (χ3v) is 4.44. The van der Waals surface area contributed by atoms with E-state index >= 15 is 0 Å². The molecular weight excluding hydrogens is 336 g/mol. The molecule has 0 spiro atoms. The molecule has 2 aromatic rings. The molecule has 8 heteroatoms. The quantitative estimate of drug-likeness (QED) is 0.577. The largest absolute Gasteiger partial charge is 0.497 e. The lowest BCUT2D eigenvalue weighted by molar-refractivity contribution is 0.0191. The molecule has 1 aliphatic rings. The van der Waals surface area contributed by atoms with Crippen LogP contribution < -0.4 is 15.4 Å². The van der Waals surface area contributed by atoms with E-state index in [0.717, 1.165) is 17.0 Å². The standard InChI is InChI=1S/C18H24N4O4/c1-25-14-4-2-12(3-5-14)8-15-17(16(23)10-21-15)26-18(24)20-7-6-13-9-19-11-22-13/h2-5,9,11,15-17,21,23H,6-8,10H2,1H3,(H,19,22)(H,20,24)/t15-,16+,17+/m1/s1. The van der Waals surface area contributed by atoms with Crippen LogP contribution in [0, 0.1) is 0 Å². The number of nitrogens with zero attached hydrogens (tertiary/aromatic N) is 1. The number of aromatic amines is 1. The molecule has 0 radical (unpaired) electrons. The first-order valence-corrected chi connectivity index (χ1v) is 8.62. The van der Waals surface area contributed by atoms with Crippen LogP contribution in [0.25, 0.3) is 0 Å². The summed E-state index contributed by atoms with van der Waals surface area (Å²) in [7, 11) is 1.62. The number of alkyl carbamates (subject to hydrolysis) is 1. The number of rotatable bonds is 7. The van der Waals surface area contributed by atoms with Gasteiger partial charge in [-0.2, -0.15) is 0 Å². The van der Waals surface area contributed by atoms with Crippen molar-refractivity contribution in [3.63, 3.8) is 0 Å². The van der Waals surface area contributed by atoms with Gasteiger partial charge in [-0.3, -0.25) is 0 Å². The minimum atomic E-state index is -0.725. The van der Waals surface area contributed by atoms with Gasteiger partial charge in [0.25, 0.3) is 0 Å². The predicted molar refractivity (Wildman–Crippen MR) is 95.1 cm³/mol. The third-order valence-electron chi connectivity index (χ3n) is 4.44. The monoisotopic (exact) mass is 360 g/mol. The number of carbonyl (C=O) groups excluding carboxylic acids is 1. The van der Waals surface area contributed by atoms with E-state index in [1.54, 1.807) is 19.6 Å². The van der Waals surface area contributed by atoms with Gasteiger partial charge in [0.1, 0.15) is 18.0 Å². The van der Waals surface area contributed by atoms with Gasteiger partial charge >= 0.3 is 6.09 Å². The molecule has 3 atom stereocenters. The maximum absolute atomic E-state index is 12.0. The van der Waals surface area contributed by atoms with Crippen molar-refractivity contribution in [3.8, 4) is 5.75 Å². The van der Waals surface area contributed by atoms with Gasteiger partial charge in [-0.1, -0.05) is 12.1 Å². The molecule has 0 bridgehead atoms. The molecule has 1 aromatic heterocycles. The average Bonchev–Trinajstić information content (AvgIpc) is 3.28. The summed E-state index contributed by atoms with van der Waals surface area (Å²) in [6.45, 7) is 0.827. The van der Waals surface area contributed by atoms with Crippen LogP contribution in [0.2, 0.25) is 0 Å². The molecule has 3 rings (SSSR count). The second kappa shape index (κ2) is 8.68. The van der Waals surface area contributed by atoms with Crippen molar-refractivity contribution in [1.82, 2.24) is 20.6 Å². The zero-order valence-corrected chi connectivity index (χ0v) is 14.6.